The third kappa shape index (κ3) is 2.50. The lowest BCUT2D eigenvalue weighted by Crippen LogP contribution is -2.31. The molecular weight excluding hydrogens is 278 g/mol. The summed E-state index contributed by atoms with van der Waals surface area (Å²) in [5.41, 5.74) is 0.133. The largest absolute Gasteiger partial charge is 0.512 e. The topological polar surface area (TPSA) is 70.3 Å². The zero-order chi connectivity index (χ0) is 14.8. The Morgan fingerprint density at radius 1 is 1.45 bits per heavy atom. The number of esters is 1. The Hall–Kier alpha value is -1.99. The van der Waals surface area contributed by atoms with E-state index in [1.54, 1.807) is 24.3 Å². The minimum Gasteiger partial charge on any atom is -0.512 e. The number of aliphatic hydroxyl groups is 1. The predicted octanol–water partition coefficient (Wildman–Crippen LogP) is 3.27. The van der Waals surface area contributed by atoms with Crippen molar-refractivity contribution in [2.45, 2.75) is 24.7 Å². The number of ether oxygens (including phenoxy) is 1. The molecule has 104 valence electrons. The average Bonchev–Trinajstić information content (AvgIpc) is 2.48. The van der Waals surface area contributed by atoms with Gasteiger partial charge in [-0.2, -0.15) is 5.26 Å². The van der Waals surface area contributed by atoms with Gasteiger partial charge in [-0.15, -0.1) is 0 Å². The van der Waals surface area contributed by atoms with Gasteiger partial charge < -0.3 is 9.84 Å². The highest BCUT2D eigenvalue weighted by molar-refractivity contribution is 6.30. The Morgan fingerprint density at radius 3 is 2.65 bits per heavy atom. The average molecular weight is 292 g/mol. The third-order valence-electron chi connectivity index (χ3n) is 3.66. The Morgan fingerprint density at radius 2 is 2.10 bits per heavy atom. The van der Waals surface area contributed by atoms with Crippen LogP contribution in [0.4, 0.5) is 0 Å². The maximum absolute atomic E-state index is 11.7. The molecule has 2 rings (SSSR count). The summed E-state index contributed by atoms with van der Waals surface area (Å²) in [6.45, 7) is 0. The second kappa shape index (κ2) is 5.56. The van der Waals surface area contributed by atoms with Crippen LogP contribution < -0.4 is 0 Å². The van der Waals surface area contributed by atoms with Crippen molar-refractivity contribution in [3.05, 3.63) is 46.2 Å². The van der Waals surface area contributed by atoms with Gasteiger partial charge in [0.1, 0.15) is 5.76 Å². The van der Waals surface area contributed by atoms with Gasteiger partial charge >= 0.3 is 5.97 Å². The van der Waals surface area contributed by atoms with Gasteiger partial charge in [0.05, 0.1) is 24.2 Å². The fraction of sp³-hybridized carbons (Fsp3) is 0.333. The smallest absolute Gasteiger partial charge is 0.337 e. The van der Waals surface area contributed by atoms with Crippen molar-refractivity contribution in [1.29, 1.82) is 5.26 Å². The first-order valence-corrected chi connectivity index (χ1v) is 6.57. The van der Waals surface area contributed by atoms with Crippen LogP contribution in [0.3, 0.4) is 0 Å². The summed E-state index contributed by atoms with van der Waals surface area (Å²) in [5.74, 6) is -0.576. The molecular formula is C15H14ClNO3. The van der Waals surface area contributed by atoms with E-state index in [-0.39, 0.29) is 24.2 Å². The van der Waals surface area contributed by atoms with Crippen LogP contribution in [-0.2, 0) is 14.9 Å². The molecule has 0 saturated carbocycles. The third-order valence-corrected chi connectivity index (χ3v) is 3.91. The van der Waals surface area contributed by atoms with Crippen molar-refractivity contribution in [2.75, 3.05) is 7.11 Å². The number of rotatable bonds is 2. The van der Waals surface area contributed by atoms with Crippen LogP contribution in [0.2, 0.25) is 5.02 Å². The maximum atomic E-state index is 11.7. The van der Waals surface area contributed by atoms with Gasteiger partial charge in [0.25, 0.3) is 0 Å². The van der Waals surface area contributed by atoms with E-state index in [9.17, 15) is 15.2 Å². The van der Waals surface area contributed by atoms with Crippen molar-refractivity contribution >= 4 is 17.6 Å². The highest BCUT2D eigenvalue weighted by Crippen LogP contribution is 2.41. The molecule has 0 heterocycles. The van der Waals surface area contributed by atoms with Gasteiger partial charge in [-0.05, 0) is 24.1 Å². The Labute approximate surface area is 122 Å². The van der Waals surface area contributed by atoms with Gasteiger partial charge in [-0.1, -0.05) is 23.7 Å². The van der Waals surface area contributed by atoms with Gasteiger partial charge in [0.15, 0.2) is 0 Å². The SMILES string of the molecule is COC(=O)C1=C(O)CCC(C#N)(c2ccc(Cl)cc2)C1. The quantitative estimate of drug-likeness (QED) is 0.849. The molecule has 0 spiro atoms. The number of hydrogen-bond acceptors (Lipinski definition) is 4. The minimum atomic E-state index is -0.833. The normalized spacial score (nSPS) is 22.2. The molecule has 1 aliphatic carbocycles. The van der Waals surface area contributed by atoms with Crippen LogP contribution in [0, 0.1) is 11.3 Å². The maximum Gasteiger partial charge on any atom is 0.337 e. The van der Waals surface area contributed by atoms with Gasteiger partial charge in [-0.3, -0.25) is 0 Å². The molecule has 20 heavy (non-hydrogen) atoms. The van der Waals surface area contributed by atoms with Crippen LogP contribution >= 0.6 is 11.6 Å². The summed E-state index contributed by atoms with van der Waals surface area (Å²) < 4.78 is 4.67. The Kier molecular flexibility index (Phi) is 4.01. The lowest BCUT2D eigenvalue weighted by atomic mass is 9.70. The molecule has 5 heteroatoms. The van der Waals surface area contributed by atoms with Gasteiger partial charge in [0, 0.05) is 17.9 Å². The number of hydrogen-bond donors (Lipinski definition) is 1. The van der Waals surface area contributed by atoms with Crippen LogP contribution in [0.15, 0.2) is 35.6 Å². The molecule has 1 aromatic carbocycles. The van der Waals surface area contributed by atoms with E-state index in [1.165, 1.54) is 7.11 Å². The van der Waals surface area contributed by atoms with Gasteiger partial charge in [0.2, 0.25) is 0 Å². The molecule has 1 N–H and O–H groups in total. The molecule has 1 aliphatic rings. The zero-order valence-electron chi connectivity index (χ0n) is 11.0. The molecule has 1 atom stereocenters. The summed E-state index contributed by atoms with van der Waals surface area (Å²) in [5, 5.41) is 20.0. The number of carbonyl (C=O) groups is 1. The molecule has 0 aromatic heterocycles. The molecule has 0 aliphatic heterocycles. The van der Waals surface area contributed by atoms with Gasteiger partial charge in [-0.25, -0.2) is 4.79 Å². The molecule has 0 radical (unpaired) electrons. The molecule has 0 fully saturated rings. The zero-order valence-corrected chi connectivity index (χ0v) is 11.8. The fourth-order valence-corrected chi connectivity index (χ4v) is 2.59. The molecule has 1 unspecified atom stereocenters. The van der Waals surface area contributed by atoms with Crippen molar-refractivity contribution in [3.8, 4) is 6.07 Å². The summed E-state index contributed by atoms with van der Waals surface area (Å²) in [4.78, 5) is 11.7. The number of methoxy groups -OCH3 is 1. The van der Waals surface area contributed by atoms with Crippen LogP contribution in [0.25, 0.3) is 0 Å². The molecule has 4 nitrogen and oxygen atoms in total. The van der Waals surface area contributed by atoms with E-state index in [0.717, 1.165) is 5.56 Å². The molecule has 0 bridgehead atoms. The summed E-state index contributed by atoms with van der Waals surface area (Å²) in [7, 11) is 1.26. The van der Waals surface area contributed by atoms with Crippen molar-refractivity contribution in [3.63, 3.8) is 0 Å². The Balaban J connectivity index is 2.42. The predicted molar refractivity (Wildman–Crippen MR) is 74.3 cm³/mol. The van der Waals surface area contributed by atoms with Crippen molar-refractivity contribution in [2.24, 2.45) is 0 Å². The van der Waals surface area contributed by atoms with E-state index in [1.807, 2.05) is 0 Å². The fourth-order valence-electron chi connectivity index (χ4n) is 2.46. The summed E-state index contributed by atoms with van der Waals surface area (Å²) in [6.07, 6.45) is 0.877. The monoisotopic (exact) mass is 291 g/mol. The van der Waals surface area contributed by atoms with E-state index in [4.69, 9.17) is 11.6 Å². The first-order chi connectivity index (χ1) is 9.52. The van der Waals surface area contributed by atoms with Crippen LogP contribution in [0.1, 0.15) is 24.8 Å². The minimum absolute atomic E-state index is 0.0108. The van der Waals surface area contributed by atoms with Crippen molar-refractivity contribution < 1.29 is 14.6 Å². The van der Waals surface area contributed by atoms with E-state index >= 15 is 0 Å². The van der Waals surface area contributed by atoms with Crippen LogP contribution in [0.5, 0.6) is 0 Å². The summed E-state index contributed by atoms with van der Waals surface area (Å²) in [6, 6.07) is 9.28. The standard InChI is InChI=1S/C15H14ClNO3/c1-20-14(19)12-8-15(9-17,7-6-13(12)18)10-2-4-11(16)5-3-10/h2-5,18H,6-8H2,1H3. The van der Waals surface area contributed by atoms with Crippen molar-refractivity contribution in [1.82, 2.24) is 0 Å². The molecule has 0 amide bonds. The van der Waals surface area contributed by atoms with Crippen LogP contribution in [-0.4, -0.2) is 18.2 Å². The molecule has 0 saturated heterocycles. The number of halogens is 1. The lowest BCUT2D eigenvalue weighted by Gasteiger charge is -2.31. The summed E-state index contributed by atoms with van der Waals surface area (Å²) >= 11 is 5.86. The number of nitrogens with zero attached hydrogens (tertiary/aromatic N) is 1. The molecule has 1 aromatic rings. The van der Waals surface area contributed by atoms with E-state index in [2.05, 4.69) is 10.8 Å². The number of carbonyl (C=O) groups excluding carboxylic acids is 1. The Bertz CT molecular complexity index is 601. The van der Waals surface area contributed by atoms with E-state index in [0.29, 0.717) is 11.4 Å². The van der Waals surface area contributed by atoms with E-state index < -0.39 is 11.4 Å². The number of allylic oxidation sites excluding steroid dienone is 1. The number of nitriles is 1. The highest BCUT2D eigenvalue weighted by Gasteiger charge is 2.40. The second-order valence-electron chi connectivity index (χ2n) is 4.79. The first-order valence-electron chi connectivity index (χ1n) is 6.19. The number of aliphatic hydroxyl groups excluding tert-OH is 1. The number of benzene rings is 1. The second-order valence-corrected chi connectivity index (χ2v) is 5.23. The first kappa shape index (κ1) is 14.4. The lowest BCUT2D eigenvalue weighted by molar-refractivity contribution is -0.136. The highest BCUT2D eigenvalue weighted by atomic mass is 35.5.